The molecule has 0 aliphatic carbocycles. The number of hydrogen-bond acceptors (Lipinski definition) is 3. The van der Waals surface area contributed by atoms with Crippen molar-refractivity contribution in [3.8, 4) is 0 Å². The van der Waals surface area contributed by atoms with Crippen LogP contribution in [0.2, 0.25) is 5.02 Å². The van der Waals surface area contributed by atoms with Crippen LogP contribution in [0.15, 0.2) is 36.5 Å². The number of carbonyl (C=O) groups excluding carboxylic acids is 2. The molecule has 2 heterocycles. The van der Waals surface area contributed by atoms with Crippen LogP contribution in [0.5, 0.6) is 0 Å². The van der Waals surface area contributed by atoms with Crippen molar-refractivity contribution >= 4 is 34.9 Å². The smallest absolute Gasteiger partial charge is 0.230 e. The summed E-state index contributed by atoms with van der Waals surface area (Å²) in [7, 11) is 0. The molecule has 2 aromatic rings. The molecule has 0 unspecified atom stereocenters. The van der Waals surface area contributed by atoms with Crippen molar-refractivity contribution in [3.63, 3.8) is 0 Å². The van der Waals surface area contributed by atoms with Gasteiger partial charge in [-0.1, -0.05) is 17.7 Å². The van der Waals surface area contributed by atoms with Crippen molar-refractivity contribution in [2.45, 2.75) is 13.3 Å². The van der Waals surface area contributed by atoms with Gasteiger partial charge in [-0.2, -0.15) is 0 Å². The van der Waals surface area contributed by atoms with Crippen LogP contribution in [-0.4, -0.2) is 23.3 Å². The summed E-state index contributed by atoms with van der Waals surface area (Å²) in [5.74, 6) is -1.02. The van der Waals surface area contributed by atoms with E-state index in [1.54, 1.807) is 12.3 Å². The molecule has 1 aromatic carbocycles. The number of rotatable bonds is 3. The van der Waals surface area contributed by atoms with Gasteiger partial charge in [-0.15, -0.1) is 0 Å². The highest BCUT2D eigenvalue weighted by atomic mass is 35.5. The third-order valence-corrected chi connectivity index (χ3v) is 4.25. The van der Waals surface area contributed by atoms with E-state index in [0.29, 0.717) is 11.5 Å². The largest absolute Gasteiger partial charge is 0.312 e. The summed E-state index contributed by atoms with van der Waals surface area (Å²) >= 11 is 5.76. The van der Waals surface area contributed by atoms with Crippen molar-refractivity contribution in [2.24, 2.45) is 5.92 Å². The summed E-state index contributed by atoms with van der Waals surface area (Å²) in [6.07, 6.45) is 1.68. The van der Waals surface area contributed by atoms with Crippen LogP contribution in [0.25, 0.3) is 0 Å². The van der Waals surface area contributed by atoms with E-state index < -0.39 is 11.7 Å². The highest BCUT2D eigenvalue weighted by molar-refractivity contribution is 6.31. The van der Waals surface area contributed by atoms with E-state index in [1.807, 2.05) is 13.0 Å². The molecule has 1 fully saturated rings. The Bertz CT molecular complexity index is 812. The Hall–Kier alpha value is -2.47. The van der Waals surface area contributed by atoms with E-state index in [2.05, 4.69) is 10.3 Å². The van der Waals surface area contributed by atoms with Crippen LogP contribution in [0, 0.1) is 18.7 Å². The molecule has 2 amide bonds. The first kappa shape index (κ1) is 16.4. The molecule has 0 saturated carbocycles. The van der Waals surface area contributed by atoms with Crippen molar-refractivity contribution in [1.82, 2.24) is 4.98 Å². The third-order valence-electron chi connectivity index (χ3n) is 3.96. The number of nitrogens with zero attached hydrogens (tertiary/aromatic N) is 2. The van der Waals surface area contributed by atoms with Crippen molar-refractivity contribution in [1.29, 1.82) is 0 Å². The van der Waals surface area contributed by atoms with Gasteiger partial charge in [0.15, 0.2) is 0 Å². The Morgan fingerprint density at radius 1 is 1.42 bits per heavy atom. The van der Waals surface area contributed by atoms with E-state index in [1.165, 1.54) is 23.1 Å². The zero-order valence-electron chi connectivity index (χ0n) is 12.9. The lowest BCUT2D eigenvalue weighted by molar-refractivity contribution is -0.122. The predicted molar refractivity (Wildman–Crippen MR) is 89.5 cm³/mol. The summed E-state index contributed by atoms with van der Waals surface area (Å²) in [4.78, 5) is 30.2. The van der Waals surface area contributed by atoms with Crippen LogP contribution in [-0.2, 0) is 9.59 Å². The van der Waals surface area contributed by atoms with Crippen molar-refractivity contribution < 1.29 is 14.0 Å². The fraction of sp³-hybridized carbons (Fsp3) is 0.235. The minimum absolute atomic E-state index is 0.0580. The van der Waals surface area contributed by atoms with Crippen LogP contribution in [0.3, 0.4) is 0 Å². The van der Waals surface area contributed by atoms with Gasteiger partial charge in [-0.05, 0) is 36.8 Å². The predicted octanol–water partition coefficient (Wildman–Crippen LogP) is 3.17. The second-order valence-corrected chi connectivity index (χ2v) is 6.07. The zero-order valence-corrected chi connectivity index (χ0v) is 13.7. The molecule has 0 bridgehead atoms. The molecule has 24 heavy (non-hydrogen) atoms. The van der Waals surface area contributed by atoms with E-state index in [-0.39, 0.29) is 29.8 Å². The fourth-order valence-electron chi connectivity index (χ4n) is 2.62. The average molecular weight is 348 g/mol. The molecule has 1 aliphatic heterocycles. The molecule has 7 heteroatoms. The van der Waals surface area contributed by atoms with Crippen molar-refractivity contribution in [3.05, 3.63) is 52.9 Å². The highest BCUT2D eigenvalue weighted by Gasteiger charge is 2.35. The molecule has 1 aromatic heterocycles. The molecule has 0 radical (unpaired) electrons. The third kappa shape index (κ3) is 3.23. The molecule has 5 nitrogen and oxygen atoms in total. The van der Waals surface area contributed by atoms with Crippen LogP contribution >= 0.6 is 11.6 Å². The van der Waals surface area contributed by atoms with Gasteiger partial charge in [0.2, 0.25) is 11.8 Å². The Kier molecular flexibility index (Phi) is 4.49. The van der Waals surface area contributed by atoms with Gasteiger partial charge in [0.05, 0.1) is 10.9 Å². The number of nitrogens with one attached hydrogen (secondary N) is 1. The second kappa shape index (κ2) is 6.57. The summed E-state index contributed by atoms with van der Waals surface area (Å²) < 4.78 is 13.3. The number of benzene rings is 1. The van der Waals surface area contributed by atoms with E-state index in [4.69, 9.17) is 11.6 Å². The summed E-state index contributed by atoms with van der Waals surface area (Å²) in [6.45, 7) is 2.06. The molecule has 1 atom stereocenters. The zero-order chi connectivity index (χ0) is 17.3. The first-order chi connectivity index (χ1) is 11.5. The molecule has 1 N–H and O–H groups in total. The SMILES string of the molecule is Cc1cccnc1NC(=O)[C@H]1CC(=O)N(c2ccc(F)c(Cl)c2)C1. The second-order valence-electron chi connectivity index (χ2n) is 5.66. The Labute approximate surface area is 143 Å². The van der Waals surface area contributed by atoms with Crippen LogP contribution in [0.4, 0.5) is 15.9 Å². The molecule has 1 aliphatic rings. The molecule has 3 rings (SSSR count). The average Bonchev–Trinajstić information content (AvgIpc) is 2.94. The van der Waals surface area contributed by atoms with Gasteiger partial charge in [-0.3, -0.25) is 9.59 Å². The molecular formula is C17H15ClFN3O2. The Morgan fingerprint density at radius 2 is 2.21 bits per heavy atom. The van der Waals surface area contributed by atoms with Crippen molar-refractivity contribution in [2.75, 3.05) is 16.8 Å². The van der Waals surface area contributed by atoms with E-state index >= 15 is 0 Å². The maximum Gasteiger partial charge on any atom is 0.230 e. The fourth-order valence-corrected chi connectivity index (χ4v) is 2.80. The molecule has 124 valence electrons. The first-order valence-electron chi connectivity index (χ1n) is 7.43. The van der Waals surface area contributed by atoms with E-state index in [0.717, 1.165) is 5.56 Å². The van der Waals surface area contributed by atoms with Gasteiger partial charge >= 0.3 is 0 Å². The van der Waals surface area contributed by atoms with Gasteiger partial charge in [0.25, 0.3) is 0 Å². The van der Waals surface area contributed by atoms with Gasteiger partial charge in [-0.25, -0.2) is 9.37 Å². The monoisotopic (exact) mass is 347 g/mol. The minimum Gasteiger partial charge on any atom is -0.312 e. The molecule has 0 spiro atoms. The quantitative estimate of drug-likeness (QED) is 0.927. The van der Waals surface area contributed by atoms with Gasteiger partial charge < -0.3 is 10.2 Å². The lowest BCUT2D eigenvalue weighted by atomic mass is 10.1. The maximum absolute atomic E-state index is 13.3. The Balaban J connectivity index is 1.73. The number of anilines is 2. The summed E-state index contributed by atoms with van der Waals surface area (Å²) in [6, 6.07) is 7.69. The minimum atomic E-state index is -0.549. The van der Waals surface area contributed by atoms with Crippen LogP contribution < -0.4 is 10.2 Å². The van der Waals surface area contributed by atoms with E-state index in [9.17, 15) is 14.0 Å². The Morgan fingerprint density at radius 3 is 2.92 bits per heavy atom. The normalized spacial score (nSPS) is 17.2. The van der Waals surface area contributed by atoms with Gasteiger partial charge in [0, 0.05) is 24.8 Å². The van der Waals surface area contributed by atoms with Gasteiger partial charge in [0.1, 0.15) is 11.6 Å². The summed E-state index contributed by atoms with van der Waals surface area (Å²) in [5.41, 5.74) is 1.33. The number of carbonyl (C=O) groups is 2. The number of hydrogen-bond donors (Lipinski definition) is 1. The number of amides is 2. The summed E-state index contributed by atoms with van der Waals surface area (Å²) in [5, 5.41) is 2.69. The maximum atomic E-state index is 13.3. The standard InChI is InChI=1S/C17H15ClFN3O2/c1-10-3-2-6-20-16(10)21-17(24)11-7-15(23)22(9-11)12-4-5-14(19)13(18)8-12/h2-6,8,11H,7,9H2,1H3,(H,20,21,24)/t11-/m0/s1. The first-order valence-corrected chi connectivity index (χ1v) is 7.81. The topological polar surface area (TPSA) is 62.3 Å². The highest BCUT2D eigenvalue weighted by Crippen LogP contribution is 2.29. The molecular weight excluding hydrogens is 333 g/mol. The lowest BCUT2D eigenvalue weighted by Gasteiger charge is -2.17. The number of aromatic nitrogens is 1. The number of halogens is 2. The number of pyridine rings is 1. The molecule has 1 saturated heterocycles. The number of aryl methyl sites for hydroxylation is 1. The van der Waals surface area contributed by atoms with Crippen LogP contribution in [0.1, 0.15) is 12.0 Å². The lowest BCUT2D eigenvalue weighted by Crippen LogP contribution is -2.28.